The molecule has 6 rings (SSSR count). The molecule has 0 bridgehead atoms. The van der Waals surface area contributed by atoms with E-state index in [1.807, 2.05) is 84.9 Å². The molecule has 0 aliphatic carbocycles. The Hall–Kier alpha value is -4.84. The molecule has 0 aliphatic rings. The second kappa shape index (κ2) is 8.50. The van der Waals surface area contributed by atoms with Gasteiger partial charge in [0.05, 0.1) is 23.1 Å². The van der Waals surface area contributed by atoms with Crippen LogP contribution in [0, 0.1) is 5.82 Å². The molecule has 2 heterocycles. The molecule has 0 aliphatic heterocycles. The number of halogens is 1. The maximum absolute atomic E-state index is 15.0. The normalized spacial score (nSPS) is 11.1. The summed E-state index contributed by atoms with van der Waals surface area (Å²) in [5.74, 6) is -0.245. The van der Waals surface area contributed by atoms with Crippen LogP contribution in [0.25, 0.3) is 44.9 Å². The summed E-state index contributed by atoms with van der Waals surface area (Å²) >= 11 is 0. The van der Waals surface area contributed by atoms with Crippen LogP contribution in [0.15, 0.2) is 120 Å². The first-order valence-corrected chi connectivity index (χ1v) is 11.2. The van der Waals surface area contributed by atoms with Gasteiger partial charge in [0.15, 0.2) is 11.5 Å². The highest BCUT2D eigenvalue weighted by molar-refractivity contribution is 5.79. The lowest BCUT2D eigenvalue weighted by atomic mass is 10.1. The van der Waals surface area contributed by atoms with Gasteiger partial charge in [-0.2, -0.15) is 5.10 Å². The molecule has 0 fully saturated rings. The quantitative estimate of drug-likeness (QED) is 0.323. The van der Waals surface area contributed by atoms with Gasteiger partial charge in [0, 0.05) is 0 Å². The van der Waals surface area contributed by atoms with E-state index in [9.17, 15) is 9.18 Å². The number of rotatable bonds is 4. The first-order valence-electron chi connectivity index (χ1n) is 11.2. The summed E-state index contributed by atoms with van der Waals surface area (Å²) < 4.78 is 18.0. The fraction of sp³-hybridized carbons (Fsp3) is 0. The molecule has 0 unspecified atom stereocenters. The minimum Gasteiger partial charge on any atom is -0.268 e. The topological polar surface area (TPSA) is 52.7 Å². The van der Waals surface area contributed by atoms with Crippen LogP contribution >= 0.6 is 0 Å². The van der Waals surface area contributed by atoms with Crippen LogP contribution in [-0.4, -0.2) is 19.3 Å². The van der Waals surface area contributed by atoms with Gasteiger partial charge in [-0.15, -0.1) is 0 Å². The van der Waals surface area contributed by atoms with Gasteiger partial charge in [-0.1, -0.05) is 72.8 Å². The third kappa shape index (κ3) is 3.61. The van der Waals surface area contributed by atoms with E-state index in [2.05, 4.69) is 5.10 Å². The molecule has 2 aromatic heterocycles. The van der Waals surface area contributed by atoms with Gasteiger partial charge >= 0.3 is 0 Å². The van der Waals surface area contributed by atoms with Crippen molar-refractivity contribution >= 4 is 11.0 Å². The zero-order chi connectivity index (χ0) is 23.8. The first kappa shape index (κ1) is 20.7. The minimum atomic E-state index is -0.459. The molecule has 0 N–H and O–H groups in total. The lowest BCUT2D eigenvalue weighted by Crippen LogP contribution is -2.22. The van der Waals surface area contributed by atoms with Crippen molar-refractivity contribution in [3.8, 4) is 33.9 Å². The Morgan fingerprint density at radius 3 is 2.00 bits per heavy atom. The molecule has 0 saturated heterocycles. The largest absolute Gasteiger partial charge is 0.269 e. The summed E-state index contributed by atoms with van der Waals surface area (Å²) in [4.78, 5) is 18.6. The number of fused-ring (bicyclic) bond motifs is 1. The molecule has 0 radical (unpaired) electrons. The summed E-state index contributed by atoms with van der Waals surface area (Å²) in [5, 5.41) is 4.77. The summed E-state index contributed by atoms with van der Waals surface area (Å²) in [6.07, 6.45) is 1.51. The Bertz CT molecular complexity index is 1710. The summed E-state index contributed by atoms with van der Waals surface area (Å²) in [7, 11) is 0. The highest BCUT2D eigenvalue weighted by Gasteiger charge is 2.20. The zero-order valence-corrected chi connectivity index (χ0v) is 18.5. The standard InChI is InChI=1S/C29H19FN4O/c30-26-14-8-7-13-24(26)27-32-28-25(19-31-34(28)23-11-5-2-6-12-23)29(35)33(27)22-17-15-21(16-18-22)20-9-3-1-4-10-20/h1-19H. The van der Waals surface area contributed by atoms with Gasteiger partial charge < -0.3 is 0 Å². The number of hydrogen-bond donors (Lipinski definition) is 0. The third-order valence-electron chi connectivity index (χ3n) is 5.95. The van der Waals surface area contributed by atoms with Gasteiger partial charge in [0.25, 0.3) is 5.56 Å². The highest BCUT2D eigenvalue weighted by Crippen LogP contribution is 2.27. The van der Waals surface area contributed by atoms with E-state index in [0.717, 1.165) is 16.8 Å². The summed E-state index contributed by atoms with van der Waals surface area (Å²) in [6.45, 7) is 0. The van der Waals surface area contributed by atoms with E-state index in [0.29, 0.717) is 16.7 Å². The molecule has 0 spiro atoms. The van der Waals surface area contributed by atoms with E-state index in [-0.39, 0.29) is 16.9 Å². The number of aromatic nitrogens is 4. The number of benzene rings is 4. The predicted molar refractivity (Wildman–Crippen MR) is 135 cm³/mol. The minimum absolute atomic E-state index is 0.214. The van der Waals surface area contributed by atoms with Gasteiger partial charge in [-0.3, -0.25) is 9.36 Å². The van der Waals surface area contributed by atoms with Crippen LogP contribution in [0.1, 0.15) is 0 Å². The van der Waals surface area contributed by atoms with E-state index in [4.69, 9.17) is 4.98 Å². The van der Waals surface area contributed by atoms with E-state index in [1.165, 1.54) is 16.8 Å². The summed E-state index contributed by atoms with van der Waals surface area (Å²) in [6, 6.07) is 33.3. The van der Waals surface area contributed by atoms with Crippen molar-refractivity contribution in [3.05, 3.63) is 132 Å². The van der Waals surface area contributed by atoms with Gasteiger partial charge in [-0.25, -0.2) is 14.1 Å². The molecular weight excluding hydrogens is 439 g/mol. The number of nitrogens with zero attached hydrogens (tertiary/aromatic N) is 4. The molecule has 0 amide bonds. The van der Waals surface area contributed by atoms with Crippen LogP contribution in [0.5, 0.6) is 0 Å². The molecule has 5 nitrogen and oxygen atoms in total. The number of hydrogen-bond acceptors (Lipinski definition) is 3. The summed E-state index contributed by atoms with van der Waals surface area (Å²) in [5.41, 5.74) is 3.73. The van der Waals surface area contributed by atoms with Crippen LogP contribution in [-0.2, 0) is 0 Å². The zero-order valence-electron chi connectivity index (χ0n) is 18.5. The molecule has 4 aromatic carbocycles. The van der Waals surface area contributed by atoms with Crippen molar-refractivity contribution in [1.29, 1.82) is 0 Å². The molecule has 168 valence electrons. The predicted octanol–water partition coefficient (Wildman–Crippen LogP) is 6.04. The van der Waals surface area contributed by atoms with E-state index < -0.39 is 5.82 Å². The monoisotopic (exact) mass is 458 g/mol. The van der Waals surface area contributed by atoms with Crippen LogP contribution in [0.3, 0.4) is 0 Å². The van der Waals surface area contributed by atoms with Crippen molar-refractivity contribution in [2.24, 2.45) is 0 Å². The fourth-order valence-corrected chi connectivity index (χ4v) is 4.22. The van der Waals surface area contributed by atoms with E-state index >= 15 is 0 Å². The van der Waals surface area contributed by atoms with Crippen LogP contribution in [0.4, 0.5) is 4.39 Å². The second-order valence-electron chi connectivity index (χ2n) is 8.10. The smallest absolute Gasteiger partial charge is 0.268 e. The lowest BCUT2D eigenvalue weighted by molar-refractivity contribution is 0.629. The fourth-order valence-electron chi connectivity index (χ4n) is 4.22. The molecule has 35 heavy (non-hydrogen) atoms. The lowest BCUT2D eigenvalue weighted by Gasteiger charge is -2.14. The molecular formula is C29H19FN4O. The SMILES string of the molecule is O=c1c2cnn(-c3ccccc3)c2nc(-c2ccccc2F)n1-c1ccc(-c2ccccc2)cc1. The van der Waals surface area contributed by atoms with E-state index in [1.54, 1.807) is 22.9 Å². The van der Waals surface area contributed by atoms with Crippen LogP contribution < -0.4 is 5.56 Å². The van der Waals surface area contributed by atoms with Crippen molar-refractivity contribution in [2.75, 3.05) is 0 Å². The van der Waals surface area contributed by atoms with Crippen molar-refractivity contribution in [3.63, 3.8) is 0 Å². The average molecular weight is 458 g/mol. The van der Waals surface area contributed by atoms with Gasteiger partial charge in [0.1, 0.15) is 11.2 Å². The molecule has 0 atom stereocenters. The molecule has 6 aromatic rings. The van der Waals surface area contributed by atoms with Crippen molar-refractivity contribution < 1.29 is 4.39 Å². The Morgan fingerprint density at radius 2 is 1.29 bits per heavy atom. The van der Waals surface area contributed by atoms with Crippen molar-refractivity contribution in [2.45, 2.75) is 0 Å². The first-order chi connectivity index (χ1) is 17.2. The molecule has 6 heteroatoms. The van der Waals surface area contributed by atoms with Gasteiger partial charge in [0.2, 0.25) is 0 Å². The maximum Gasteiger partial charge on any atom is 0.269 e. The molecule has 0 saturated carbocycles. The Kier molecular flexibility index (Phi) is 5.04. The van der Waals surface area contributed by atoms with Crippen LogP contribution in [0.2, 0.25) is 0 Å². The maximum atomic E-state index is 15.0. The average Bonchev–Trinajstić information content (AvgIpc) is 3.35. The second-order valence-corrected chi connectivity index (χ2v) is 8.10. The van der Waals surface area contributed by atoms with Gasteiger partial charge in [-0.05, 0) is 47.5 Å². The Morgan fingerprint density at radius 1 is 0.657 bits per heavy atom. The van der Waals surface area contributed by atoms with Crippen molar-refractivity contribution in [1.82, 2.24) is 19.3 Å². The highest BCUT2D eigenvalue weighted by atomic mass is 19.1. The Labute approximate surface area is 200 Å². The number of para-hydroxylation sites is 1. The Balaban J connectivity index is 1.60. The third-order valence-corrected chi connectivity index (χ3v) is 5.95.